The summed E-state index contributed by atoms with van der Waals surface area (Å²) in [6, 6.07) is 12.8. The molecule has 1 N–H and O–H groups in total. The van der Waals surface area contributed by atoms with Gasteiger partial charge in [-0.15, -0.1) is 0 Å². The zero-order valence-corrected chi connectivity index (χ0v) is 12.5. The molecule has 0 aliphatic heterocycles. The first-order chi connectivity index (χ1) is 9.13. The van der Waals surface area contributed by atoms with Gasteiger partial charge in [0, 0.05) is 23.8 Å². The predicted octanol–water partition coefficient (Wildman–Crippen LogP) is 4.08. The highest BCUT2D eigenvalue weighted by molar-refractivity contribution is 9.10. The first-order valence-electron chi connectivity index (χ1n) is 6.04. The molecule has 0 saturated carbocycles. The minimum atomic E-state index is -0.222. The standard InChI is InChI=1S/C15H16BrFN2/c1-18-10-11-7-8-12(9-13(11)16)19(2)15-6-4-3-5-14(15)17/h3-9,18H,10H2,1-2H3. The number of rotatable bonds is 4. The van der Waals surface area contributed by atoms with Gasteiger partial charge in [0.15, 0.2) is 0 Å². The predicted molar refractivity (Wildman–Crippen MR) is 81.4 cm³/mol. The lowest BCUT2D eigenvalue weighted by atomic mass is 10.2. The zero-order valence-electron chi connectivity index (χ0n) is 11.0. The molecule has 2 nitrogen and oxygen atoms in total. The van der Waals surface area contributed by atoms with E-state index in [9.17, 15) is 4.39 Å². The van der Waals surface area contributed by atoms with E-state index in [0.29, 0.717) is 5.69 Å². The van der Waals surface area contributed by atoms with E-state index in [1.54, 1.807) is 12.1 Å². The van der Waals surface area contributed by atoms with Gasteiger partial charge < -0.3 is 10.2 Å². The minimum Gasteiger partial charge on any atom is -0.342 e. The van der Waals surface area contributed by atoms with Crippen LogP contribution in [0.3, 0.4) is 0 Å². The van der Waals surface area contributed by atoms with E-state index < -0.39 is 0 Å². The summed E-state index contributed by atoms with van der Waals surface area (Å²) in [5.41, 5.74) is 2.68. The average molecular weight is 323 g/mol. The lowest BCUT2D eigenvalue weighted by molar-refractivity contribution is 0.627. The van der Waals surface area contributed by atoms with Crippen LogP contribution < -0.4 is 10.2 Å². The molecular weight excluding hydrogens is 307 g/mol. The van der Waals surface area contributed by atoms with Crippen molar-refractivity contribution in [3.63, 3.8) is 0 Å². The number of para-hydroxylation sites is 1. The van der Waals surface area contributed by atoms with Crippen LogP contribution in [-0.2, 0) is 6.54 Å². The van der Waals surface area contributed by atoms with Crippen LogP contribution in [-0.4, -0.2) is 14.1 Å². The Morgan fingerprint density at radius 1 is 1.21 bits per heavy atom. The van der Waals surface area contributed by atoms with Gasteiger partial charge in [0.25, 0.3) is 0 Å². The van der Waals surface area contributed by atoms with E-state index in [2.05, 4.69) is 21.2 Å². The highest BCUT2D eigenvalue weighted by atomic mass is 79.9. The van der Waals surface area contributed by atoms with Crippen molar-refractivity contribution in [1.29, 1.82) is 0 Å². The fourth-order valence-electron chi connectivity index (χ4n) is 1.94. The Bertz CT molecular complexity index is 572. The fourth-order valence-corrected chi connectivity index (χ4v) is 2.45. The Hall–Kier alpha value is -1.39. The minimum absolute atomic E-state index is 0.222. The van der Waals surface area contributed by atoms with Crippen LogP contribution in [0.25, 0.3) is 0 Å². The third-order valence-corrected chi connectivity index (χ3v) is 3.74. The molecule has 0 saturated heterocycles. The number of nitrogens with zero attached hydrogens (tertiary/aromatic N) is 1. The summed E-state index contributed by atoms with van der Waals surface area (Å²) in [4.78, 5) is 1.84. The topological polar surface area (TPSA) is 15.3 Å². The zero-order chi connectivity index (χ0) is 13.8. The first-order valence-corrected chi connectivity index (χ1v) is 6.84. The second-order valence-electron chi connectivity index (χ2n) is 4.32. The summed E-state index contributed by atoms with van der Waals surface area (Å²) in [6.07, 6.45) is 0. The summed E-state index contributed by atoms with van der Waals surface area (Å²) < 4.78 is 14.8. The maximum absolute atomic E-state index is 13.8. The molecule has 2 rings (SSSR count). The highest BCUT2D eigenvalue weighted by Crippen LogP contribution is 2.29. The molecule has 4 heteroatoms. The molecule has 0 heterocycles. The molecule has 0 atom stereocenters. The van der Waals surface area contributed by atoms with E-state index in [0.717, 1.165) is 16.7 Å². The van der Waals surface area contributed by atoms with Gasteiger partial charge in [-0.1, -0.05) is 34.1 Å². The maximum Gasteiger partial charge on any atom is 0.146 e. The summed E-state index contributed by atoms with van der Waals surface area (Å²) >= 11 is 3.55. The van der Waals surface area contributed by atoms with E-state index in [-0.39, 0.29) is 5.82 Å². The van der Waals surface area contributed by atoms with Gasteiger partial charge in [0.05, 0.1) is 5.69 Å². The number of nitrogens with one attached hydrogen (secondary N) is 1. The van der Waals surface area contributed by atoms with Crippen molar-refractivity contribution >= 4 is 27.3 Å². The summed E-state index contributed by atoms with van der Waals surface area (Å²) in [5, 5.41) is 3.11. The summed E-state index contributed by atoms with van der Waals surface area (Å²) in [7, 11) is 3.77. The van der Waals surface area contributed by atoms with Crippen LogP contribution in [0.2, 0.25) is 0 Å². The van der Waals surface area contributed by atoms with Gasteiger partial charge in [-0.3, -0.25) is 0 Å². The second kappa shape index (κ2) is 6.17. The monoisotopic (exact) mass is 322 g/mol. The van der Waals surface area contributed by atoms with Crippen molar-refractivity contribution < 1.29 is 4.39 Å². The smallest absolute Gasteiger partial charge is 0.146 e. The molecule has 0 aliphatic carbocycles. The number of hydrogen-bond donors (Lipinski definition) is 1. The third-order valence-electron chi connectivity index (χ3n) is 3.00. The molecule has 100 valence electrons. The van der Waals surface area contributed by atoms with Crippen LogP contribution in [0.15, 0.2) is 46.9 Å². The van der Waals surface area contributed by atoms with Gasteiger partial charge in [-0.25, -0.2) is 4.39 Å². The lowest BCUT2D eigenvalue weighted by Crippen LogP contribution is -2.12. The Morgan fingerprint density at radius 2 is 1.95 bits per heavy atom. The van der Waals surface area contributed by atoms with Crippen molar-refractivity contribution in [2.75, 3.05) is 19.0 Å². The molecule has 0 fully saturated rings. The Kier molecular flexibility index (Phi) is 4.56. The van der Waals surface area contributed by atoms with Crippen LogP contribution >= 0.6 is 15.9 Å². The molecule has 0 spiro atoms. The quantitative estimate of drug-likeness (QED) is 0.912. The van der Waals surface area contributed by atoms with Crippen molar-refractivity contribution in [2.45, 2.75) is 6.54 Å². The number of anilines is 2. The van der Waals surface area contributed by atoms with Crippen molar-refractivity contribution in [3.05, 3.63) is 58.3 Å². The number of hydrogen-bond acceptors (Lipinski definition) is 2. The van der Waals surface area contributed by atoms with E-state index in [1.165, 1.54) is 11.6 Å². The molecule has 2 aromatic carbocycles. The van der Waals surface area contributed by atoms with Crippen molar-refractivity contribution in [1.82, 2.24) is 5.32 Å². The molecular formula is C15H16BrFN2. The fraction of sp³-hybridized carbons (Fsp3) is 0.200. The van der Waals surface area contributed by atoms with Crippen molar-refractivity contribution in [2.24, 2.45) is 0 Å². The number of benzene rings is 2. The lowest BCUT2D eigenvalue weighted by Gasteiger charge is -2.21. The molecule has 2 aromatic rings. The third kappa shape index (κ3) is 3.14. The Labute approximate surface area is 121 Å². The van der Waals surface area contributed by atoms with Crippen LogP contribution in [0.5, 0.6) is 0 Å². The molecule has 0 aromatic heterocycles. The normalized spacial score (nSPS) is 10.5. The van der Waals surface area contributed by atoms with Crippen LogP contribution in [0, 0.1) is 5.82 Å². The van der Waals surface area contributed by atoms with Gasteiger partial charge in [0.1, 0.15) is 5.82 Å². The Morgan fingerprint density at radius 3 is 2.58 bits per heavy atom. The summed E-state index contributed by atoms with van der Waals surface area (Å²) in [5.74, 6) is -0.222. The van der Waals surface area contributed by atoms with Crippen LogP contribution in [0.1, 0.15) is 5.56 Å². The molecule has 0 radical (unpaired) electrons. The Balaban J connectivity index is 2.32. The SMILES string of the molecule is CNCc1ccc(N(C)c2ccccc2F)cc1Br. The van der Waals surface area contributed by atoms with Gasteiger partial charge >= 0.3 is 0 Å². The molecule has 0 unspecified atom stereocenters. The van der Waals surface area contributed by atoms with Crippen LogP contribution in [0.4, 0.5) is 15.8 Å². The van der Waals surface area contributed by atoms with Gasteiger partial charge in [-0.05, 0) is 36.9 Å². The molecule has 0 bridgehead atoms. The maximum atomic E-state index is 13.8. The first kappa shape index (κ1) is 14.0. The van der Waals surface area contributed by atoms with E-state index >= 15 is 0 Å². The average Bonchev–Trinajstić information content (AvgIpc) is 2.41. The summed E-state index contributed by atoms with van der Waals surface area (Å²) in [6.45, 7) is 0.796. The molecule has 0 amide bonds. The van der Waals surface area contributed by atoms with Gasteiger partial charge in [-0.2, -0.15) is 0 Å². The number of halogens is 2. The second-order valence-corrected chi connectivity index (χ2v) is 5.17. The largest absolute Gasteiger partial charge is 0.342 e. The van der Waals surface area contributed by atoms with E-state index in [4.69, 9.17) is 0 Å². The highest BCUT2D eigenvalue weighted by Gasteiger charge is 2.10. The van der Waals surface area contributed by atoms with Gasteiger partial charge in [0.2, 0.25) is 0 Å². The molecule has 0 aliphatic rings. The van der Waals surface area contributed by atoms with E-state index in [1.807, 2.05) is 43.3 Å². The van der Waals surface area contributed by atoms with Crippen molar-refractivity contribution in [3.8, 4) is 0 Å². The molecule has 19 heavy (non-hydrogen) atoms.